The van der Waals surface area contributed by atoms with Crippen LogP contribution in [0.1, 0.15) is 19.8 Å². The largest absolute Gasteiger partial charge is 0.355 e. The lowest BCUT2D eigenvalue weighted by Gasteiger charge is -2.06. The number of alkyl halides is 1. The zero-order valence-corrected chi connectivity index (χ0v) is 10.3. The quantitative estimate of drug-likeness (QED) is 0.476. The molecule has 0 aromatic rings. The summed E-state index contributed by atoms with van der Waals surface area (Å²) in [5.41, 5.74) is 0. The Balaban J connectivity index is 3.60. The Morgan fingerprint density at radius 2 is 1.93 bits per heavy atom. The number of amides is 1. The van der Waals surface area contributed by atoms with Gasteiger partial charge in [0.05, 0.1) is 5.75 Å². The van der Waals surface area contributed by atoms with E-state index in [1.165, 1.54) is 6.92 Å². The molecule has 5 nitrogen and oxygen atoms in total. The molecule has 0 spiro atoms. The van der Waals surface area contributed by atoms with E-state index in [1.807, 2.05) is 0 Å². The summed E-state index contributed by atoms with van der Waals surface area (Å²) in [5, 5.41) is 2.50. The van der Waals surface area contributed by atoms with Crippen LogP contribution in [0.15, 0.2) is 0 Å². The molecule has 15 heavy (non-hydrogen) atoms. The van der Waals surface area contributed by atoms with Crippen molar-refractivity contribution in [2.45, 2.75) is 19.8 Å². The van der Waals surface area contributed by atoms with Crippen LogP contribution in [0.5, 0.6) is 0 Å². The van der Waals surface area contributed by atoms with Gasteiger partial charge in [0.1, 0.15) is 0 Å². The van der Waals surface area contributed by atoms with Gasteiger partial charge in [0, 0.05) is 25.9 Å². The van der Waals surface area contributed by atoms with E-state index >= 15 is 0 Å². The maximum atomic E-state index is 11.3. The summed E-state index contributed by atoms with van der Waals surface area (Å²) in [6, 6.07) is 0. The van der Waals surface area contributed by atoms with Gasteiger partial charge >= 0.3 is 0 Å². The van der Waals surface area contributed by atoms with Crippen LogP contribution in [0.25, 0.3) is 0 Å². The first-order chi connectivity index (χ1) is 6.98. The second-order valence-electron chi connectivity index (χ2n) is 3.09. The first-order valence-corrected chi connectivity index (χ1v) is 6.94. The second-order valence-corrected chi connectivity index (χ2v) is 5.40. The monoisotopic (exact) mass is 256 g/mol. The summed E-state index contributed by atoms with van der Waals surface area (Å²) in [6.45, 7) is 1.92. The van der Waals surface area contributed by atoms with Gasteiger partial charge in [-0.3, -0.25) is 4.79 Å². The van der Waals surface area contributed by atoms with E-state index in [4.69, 9.17) is 11.6 Å². The Kier molecular flexibility index (Phi) is 7.72. The van der Waals surface area contributed by atoms with Crippen LogP contribution in [-0.4, -0.2) is 39.0 Å². The normalized spacial score (nSPS) is 11.3. The molecule has 0 saturated carbocycles. The molecule has 0 aromatic heterocycles. The fourth-order valence-electron chi connectivity index (χ4n) is 0.904. The standard InChI is InChI=1S/C8H17ClN2O3S/c1-8(12)10-5-6-11-15(13,14)7-3-2-4-9/h11H,2-7H2,1H3,(H,10,12). The minimum Gasteiger partial charge on any atom is -0.355 e. The average molecular weight is 257 g/mol. The third-order valence-electron chi connectivity index (χ3n) is 1.62. The van der Waals surface area contributed by atoms with Gasteiger partial charge in [0.25, 0.3) is 0 Å². The molecule has 0 radical (unpaired) electrons. The van der Waals surface area contributed by atoms with Crippen molar-refractivity contribution < 1.29 is 13.2 Å². The zero-order chi connectivity index (χ0) is 11.7. The van der Waals surface area contributed by atoms with Crippen molar-refractivity contribution in [2.75, 3.05) is 24.7 Å². The van der Waals surface area contributed by atoms with E-state index in [9.17, 15) is 13.2 Å². The number of nitrogens with one attached hydrogen (secondary N) is 2. The van der Waals surface area contributed by atoms with E-state index in [0.717, 1.165) is 0 Å². The lowest BCUT2D eigenvalue weighted by molar-refractivity contribution is -0.118. The number of unbranched alkanes of at least 4 members (excludes halogenated alkanes) is 1. The topological polar surface area (TPSA) is 75.3 Å². The molecule has 90 valence electrons. The van der Waals surface area contributed by atoms with Crippen molar-refractivity contribution in [3.63, 3.8) is 0 Å². The molecule has 7 heteroatoms. The Morgan fingerprint density at radius 3 is 2.47 bits per heavy atom. The Hall–Kier alpha value is -0.330. The number of sulfonamides is 1. The van der Waals surface area contributed by atoms with Gasteiger partial charge in [0.2, 0.25) is 15.9 Å². The third kappa shape index (κ3) is 9.96. The van der Waals surface area contributed by atoms with Crippen molar-refractivity contribution in [1.82, 2.24) is 10.0 Å². The summed E-state index contributed by atoms with van der Waals surface area (Å²) in [6.07, 6.45) is 1.24. The van der Waals surface area contributed by atoms with Gasteiger partial charge in [-0.15, -0.1) is 11.6 Å². The molecule has 0 atom stereocenters. The minimum absolute atomic E-state index is 0.0831. The Labute approximate surface area is 95.6 Å². The van der Waals surface area contributed by atoms with Gasteiger partial charge in [-0.1, -0.05) is 0 Å². The molecular formula is C8H17ClN2O3S. The van der Waals surface area contributed by atoms with Crippen LogP contribution in [0.3, 0.4) is 0 Å². The number of halogens is 1. The maximum absolute atomic E-state index is 11.3. The highest BCUT2D eigenvalue weighted by Crippen LogP contribution is 1.95. The molecule has 2 N–H and O–H groups in total. The van der Waals surface area contributed by atoms with E-state index in [1.54, 1.807) is 0 Å². The zero-order valence-electron chi connectivity index (χ0n) is 8.75. The third-order valence-corrected chi connectivity index (χ3v) is 3.35. The van der Waals surface area contributed by atoms with E-state index < -0.39 is 10.0 Å². The van der Waals surface area contributed by atoms with Gasteiger partial charge < -0.3 is 5.32 Å². The van der Waals surface area contributed by atoms with Crippen LogP contribution >= 0.6 is 11.6 Å². The highest BCUT2D eigenvalue weighted by atomic mass is 35.5. The van der Waals surface area contributed by atoms with Crippen LogP contribution in [0, 0.1) is 0 Å². The molecule has 1 amide bonds. The van der Waals surface area contributed by atoms with Crippen LogP contribution in [0.4, 0.5) is 0 Å². The lowest BCUT2D eigenvalue weighted by atomic mass is 10.4. The molecule has 0 rings (SSSR count). The summed E-state index contributed by atoms with van der Waals surface area (Å²) in [7, 11) is -3.21. The van der Waals surface area contributed by atoms with Gasteiger partial charge in [-0.25, -0.2) is 13.1 Å². The molecule has 0 aliphatic carbocycles. The van der Waals surface area contributed by atoms with E-state index in [-0.39, 0.29) is 18.2 Å². The summed E-state index contributed by atoms with van der Waals surface area (Å²) in [5.74, 6) is 0.387. The SMILES string of the molecule is CC(=O)NCCNS(=O)(=O)CCCCCl. The Morgan fingerprint density at radius 1 is 1.27 bits per heavy atom. The molecular weight excluding hydrogens is 240 g/mol. The van der Waals surface area contributed by atoms with Crippen molar-refractivity contribution in [3.8, 4) is 0 Å². The molecule has 0 fully saturated rings. The first-order valence-electron chi connectivity index (χ1n) is 4.75. The molecule has 0 aromatic carbocycles. The van der Waals surface area contributed by atoms with Crippen molar-refractivity contribution in [3.05, 3.63) is 0 Å². The Bertz CT molecular complexity index is 280. The predicted octanol–water partition coefficient (Wildman–Crippen LogP) is 0.0609. The van der Waals surface area contributed by atoms with E-state index in [2.05, 4.69) is 10.0 Å². The average Bonchev–Trinajstić information content (AvgIpc) is 2.13. The maximum Gasteiger partial charge on any atom is 0.216 e. The van der Waals surface area contributed by atoms with Crippen molar-refractivity contribution in [2.24, 2.45) is 0 Å². The molecule has 0 saturated heterocycles. The smallest absolute Gasteiger partial charge is 0.216 e. The molecule has 0 unspecified atom stereocenters. The van der Waals surface area contributed by atoms with Gasteiger partial charge in [-0.05, 0) is 12.8 Å². The molecule has 0 heterocycles. The molecule has 0 aliphatic heterocycles. The molecule has 0 aliphatic rings. The number of hydrogen-bond acceptors (Lipinski definition) is 3. The molecule has 0 bridgehead atoms. The van der Waals surface area contributed by atoms with Crippen LogP contribution in [-0.2, 0) is 14.8 Å². The lowest BCUT2D eigenvalue weighted by Crippen LogP contribution is -2.34. The van der Waals surface area contributed by atoms with Gasteiger partial charge in [0.15, 0.2) is 0 Å². The van der Waals surface area contributed by atoms with Crippen molar-refractivity contribution in [1.29, 1.82) is 0 Å². The second kappa shape index (κ2) is 7.90. The highest BCUT2D eigenvalue weighted by Gasteiger charge is 2.08. The number of carbonyl (C=O) groups is 1. The fraction of sp³-hybridized carbons (Fsp3) is 0.875. The number of rotatable bonds is 8. The predicted molar refractivity (Wildman–Crippen MR) is 60.4 cm³/mol. The minimum atomic E-state index is -3.21. The van der Waals surface area contributed by atoms with Crippen molar-refractivity contribution >= 4 is 27.5 Å². The van der Waals surface area contributed by atoms with Crippen LogP contribution < -0.4 is 10.0 Å². The van der Waals surface area contributed by atoms with Crippen LogP contribution in [0.2, 0.25) is 0 Å². The number of hydrogen-bond donors (Lipinski definition) is 2. The fourth-order valence-corrected chi connectivity index (χ4v) is 2.23. The van der Waals surface area contributed by atoms with Gasteiger partial charge in [-0.2, -0.15) is 0 Å². The summed E-state index contributed by atoms with van der Waals surface area (Å²) < 4.78 is 25.0. The van der Waals surface area contributed by atoms with E-state index in [0.29, 0.717) is 25.3 Å². The number of carbonyl (C=O) groups excluding carboxylic acids is 1. The summed E-state index contributed by atoms with van der Waals surface area (Å²) >= 11 is 5.43. The summed E-state index contributed by atoms with van der Waals surface area (Å²) in [4.78, 5) is 10.5. The highest BCUT2D eigenvalue weighted by molar-refractivity contribution is 7.89. The first kappa shape index (κ1) is 14.7.